The van der Waals surface area contributed by atoms with Crippen LogP contribution in [-0.2, 0) is 34.6 Å². The Labute approximate surface area is 267 Å². The number of esters is 1. The van der Waals surface area contributed by atoms with Gasteiger partial charge in [-0.15, -0.1) is 0 Å². The molecule has 4 rings (SSSR count). The quantitative estimate of drug-likeness (QED) is 0.167. The first-order valence-electron chi connectivity index (χ1n) is 15.4. The highest BCUT2D eigenvalue weighted by Crippen LogP contribution is 2.42. The van der Waals surface area contributed by atoms with E-state index in [1.54, 1.807) is 30.0 Å². The molecule has 3 nitrogen and oxygen atoms in total. The summed E-state index contributed by atoms with van der Waals surface area (Å²) < 4.78 is 127. The summed E-state index contributed by atoms with van der Waals surface area (Å²) in [5.41, 5.74) is -1.75. The first kappa shape index (κ1) is 36.3. The van der Waals surface area contributed by atoms with E-state index >= 15 is 0 Å². The Balaban J connectivity index is 1.83. The molecule has 1 aliphatic rings. The number of likely N-dealkylation sites (tertiary alicyclic amines) is 1. The predicted molar refractivity (Wildman–Crippen MR) is 159 cm³/mol. The Morgan fingerprint density at radius 3 is 2.02 bits per heavy atom. The molecule has 2 unspecified atom stereocenters. The van der Waals surface area contributed by atoms with Gasteiger partial charge in [0.15, 0.2) is 0 Å². The second kappa shape index (κ2) is 14.3. The Kier molecular flexibility index (Phi) is 11.0. The smallest absolute Gasteiger partial charge is 0.416 e. The van der Waals surface area contributed by atoms with Gasteiger partial charge in [-0.25, -0.2) is 0 Å². The molecule has 0 saturated carbocycles. The molecule has 0 bridgehead atoms. The van der Waals surface area contributed by atoms with Gasteiger partial charge >= 0.3 is 24.5 Å². The van der Waals surface area contributed by atoms with Gasteiger partial charge in [-0.05, 0) is 96.8 Å². The lowest BCUT2D eigenvalue weighted by atomic mass is 9.84. The van der Waals surface area contributed by atoms with Crippen molar-refractivity contribution < 1.29 is 49.0 Å². The first-order chi connectivity index (χ1) is 21.9. The molecule has 0 aromatic heterocycles. The minimum atomic E-state index is -5.03. The Hall–Kier alpha value is -3.54. The fourth-order valence-electron chi connectivity index (χ4n) is 6.10. The zero-order chi connectivity index (χ0) is 34.7. The monoisotopic (exact) mass is 673 g/mol. The number of ether oxygens (including phenoxy) is 1. The summed E-state index contributed by atoms with van der Waals surface area (Å²) >= 11 is 0. The van der Waals surface area contributed by atoms with E-state index in [0.29, 0.717) is 60.5 Å². The molecule has 1 saturated heterocycles. The van der Waals surface area contributed by atoms with Gasteiger partial charge in [0.25, 0.3) is 0 Å². The maximum atomic E-state index is 14.0. The lowest BCUT2D eigenvalue weighted by molar-refractivity contribution is -0.146. The maximum absolute atomic E-state index is 14.0. The standard InChI is InChI=1S/C35H36F9NO2/c1-4-47-32(46)29(15-21(2)3)25-16-24(22-8-11-27(12-9-22)33(36,37)38)17-26(18-25)31-7-5-6-14-45(31)20-23-10-13-28(34(39,40)41)19-30(23)35(42,43)44/h8-13,16-19,21,29,31H,4-7,14-15,20H2,1-3H3. The van der Waals surface area contributed by atoms with E-state index in [9.17, 15) is 44.3 Å². The third-order valence-electron chi connectivity index (χ3n) is 8.32. The van der Waals surface area contributed by atoms with E-state index in [2.05, 4.69) is 0 Å². The molecular formula is C35H36F9NO2. The van der Waals surface area contributed by atoms with Crippen molar-refractivity contribution in [1.29, 1.82) is 0 Å². The SMILES string of the molecule is CCOC(=O)C(CC(C)C)c1cc(-c2ccc(C(F)(F)F)cc2)cc(C2CCCCN2Cc2ccc(C(F)(F)F)cc2C(F)(F)F)c1. The maximum Gasteiger partial charge on any atom is 0.416 e. The molecule has 1 aliphatic heterocycles. The number of piperidine rings is 1. The van der Waals surface area contributed by atoms with E-state index in [-0.39, 0.29) is 30.7 Å². The van der Waals surface area contributed by atoms with Gasteiger partial charge in [0.2, 0.25) is 0 Å². The summed E-state index contributed by atoms with van der Waals surface area (Å²) in [4.78, 5) is 14.9. The highest BCUT2D eigenvalue weighted by molar-refractivity contribution is 5.79. The second-order valence-corrected chi connectivity index (χ2v) is 12.2. The molecular weight excluding hydrogens is 637 g/mol. The number of nitrogens with zero attached hydrogens (tertiary/aromatic N) is 1. The van der Waals surface area contributed by atoms with Crippen molar-refractivity contribution in [1.82, 2.24) is 4.90 Å². The van der Waals surface area contributed by atoms with E-state index in [4.69, 9.17) is 4.74 Å². The molecule has 0 amide bonds. The molecule has 47 heavy (non-hydrogen) atoms. The van der Waals surface area contributed by atoms with Gasteiger partial charge in [0, 0.05) is 12.6 Å². The first-order valence-corrected chi connectivity index (χ1v) is 15.4. The van der Waals surface area contributed by atoms with Crippen molar-refractivity contribution in [2.24, 2.45) is 5.92 Å². The molecule has 0 N–H and O–H groups in total. The molecule has 256 valence electrons. The molecule has 1 fully saturated rings. The number of hydrogen-bond donors (Lipinski definition) is 0. The largest absolute Gasteiger partial charge is 0.466 e. The van der Waals surface area contributed by atoms with Crippen LogP contribution in [0.15, 0.2) is 60.7 Å². The Bertz CT molecular complexity index is 1530. The van der Waals surface area contributed by atoms with E-state index < -0.39 is 53.1 Å². The number of rotatable bonds is 9. The molecule has 0 aliphatic carbocycles. The summed E-state index contributed by atoms with van der Waals surface area (Å²) in [6, 6.07) is 11.0. The molecule has 12 heteroatoms. The Morgan fingerprint density at radius 2 is 1.45 bits per heavy atom. The van der Waals surface area contributed by atoms with Crippen LogP contribution in [0.25, 0.3) is 11.1 Å². The highest BCUT2D eigenvalue weighted by atomic mass is 19.4. The lowest BCUT2D eigenvalue weighted by Crippen LogP contribution is -2.34. The molecule has 0 radical (unpaired) electrons. The van der Waals surface area contributed by atoms with Gasteiger partial charge in [0.1, 0.15) is 0 Å². The van der Waals surface area contributed by atoms with Crippen molar-refractivity contribution in [3.8, 4) is 11.1 Å². The highest BCUT2D eigenvalue weighted by Gasteiger charge is 2.39. The van der Waals surface area contributed by atoms with Gasteiger partial charge in [0.05, 0.1) is 29.2 Å². The summed E-state index contributed by atoms with van der Waals surface area (Å²) in [5, 5.41) is 0. The normalized spacial score (nSPS) is 17.2. The van der Waals surface area contributed by atoms with Crippen LogP contribution < -0.4 is 0 Å². The number of alkyl halides is 9. The van der Waals surface area contributed by atoms with Crippen LogP contribution in [0.5, 0.6) is 0 Å². The Morgan fingerprint density at radius 1 is 0.809 bits per heavy atom. The van der Waals surface area contributed by atoms with Crippen molar-refractivity contribution >= 4 is 5.97 Å². The third-order valence-corrected chi connectivity index (χ3v) is 8.32. The van der Waals surface area contributed by atoms with E-state index in [1.165, 1.54) is 12.1 Å². The van der Waals surface area contributed by atoms with Gasteiger partial charge in [-0.2, -0.15) is 39.5 Å². The third kappa shape index (κ3) is 9.09. The topological polar surface area (TPSA) is 29.5 Å². The van der Waals surface area contributed by atoms with Gasteiger partial charge < -0.3 is 4.74 Å². The zero-order valence-corrected chi connectivity index (χ0v) is 26.1. The van der Waals surface area contributed by atoms with E-state index in [1.807, 2.05) is 13.8 Å². The number of benzene rings is 3. The minimum absolute atomic E-state index is 0.0641. The van der Waals surface area contributed by atoms with Crippen molar-refractivity contribution in [2.75, 3.05) is 13.2 Å². The molecule has 3 aromatic carbocycles. The van der Waals surface area contributed by atoms with Crippen LogP contribution in [0.4, 0.5) is 39.5 Å². The van der Waals surface area contributed by atoms with Crippen LogP contribution in [0.2, 0.25) is 0 Å². The number of carbonyl (C=O) groups is 1. The molecule has 3 aromatic rings. The predicted octanol–water partition coefficient (Wildman–Crippen LogP) is 10.8. The van der Waals surface area contributed by atoms with Crippen molar-refractivity contribution in [2.45, 2.75) is 83.5 Å². The molecule has 1 heterocycles. The van der Waals surface area contributed by atoms with Crippen LogP contribution in [-0.4, -0.2) is 24.0 Å². The van der Waals surface area contributed by atoms with Crippen molar-refractivity contribution in [3.63, 3.8) is 0 Å². The van der Waals surface area contributed by atoms with E-state index in [0.717, 1.165) is 18.2 Å². The average molecular weight is 674 g/mol. The number of hydrogen-bond acceptors (Lipinski definition) is 3. The van der Waals surface area contributed by atoms with Crippen LogP contribution in [0, 0.1) is 5.92 Å². The minimum Gasteiger partial charge on any atom is -0.466 e. The number of halogens is 9. The van der Waals surface area contributed by atoms with Crippen LogP contribution in [0.1, 0.15) is 91.8 Å². The summed E-state index contributed by atoms with van der Waals surface area (Å²) in [7, 11) is 0. The molecule has 0 spiro atoms. The lowest BCUT2D eigenvalue weighted by Gasteiger charge is -2.37. The average Bonchev–Trinajstić information content (AvgIpc) is 2.98. The summed E-state index contributed by atoms with van der Waals surface area (Å²) in [5.74, 6) is -1.13. The van der Waals surface area contributed by atoms with Gasteiger partial charge in [-0.3, -0.25) is 9.69 Å². The summed E-state index contributed by atoms with van der Waals surface area (Å²) in [6.07, 6.45) is -12.3. The van der Waals surface area contributed by atoms with Gasteiger partial charge in [-0.1, -0.05) is 50.6 Å². The summed E-state index contributed by atoms with van der Waals surface area (Å²) in [6.45, 7) is 5.73. The molecule has 2 atom stereocenters. The second-order valence-electron chi connectivity index (χ2n) is 12.2. The fraction of sp³-hybridized carbons (Fsp3) is 0.457. The van der Waals surface area contributed by atoms with Crippen molar-refractivity contribution in [3.05, 3.63) is 94.0 Å². The van der Waals surface area contributed by atoms with Crippen LogP contribution >= 0.6 is 0 Å². The number of carbonyl (C=O) groups excluding carboxylic acids is 1. The van der Waals surface area contributed by atoms with Crippen LogP contribution in [0.3, 0.4) is 0 Å². The fourth-order valence-corrected chi connectivity index (χ4v) is 6.10. The zero-order valence-electron chi connectivity index (χ0n) is 26.1.